The lowest BCUT2D eigenvalue weighted by Crippen LogP contribution is -2.10. The number of carbonyl (C=O) groups is 1. The van der Waals surface area contributed by atoms with E-state index in [2.05, 4.69) is 0 Å². The van der Waals surface area contributed by atoms with Gasteiger partial charge in [0.25, 0.3) is 0 Å². The molecule has 0 amide bonds. The lowest BCUT2D eigenvalue weighted by Gasteiger charge is -2.07. The third kappa shape index (κ3) is 3.02. The molecule has 0 atom stereocenters. The van der Waals surface area contributed by atoms with Crippen molar-refractivity contribution in [2.24, 2.45) is 0 Å². The van der Waals surface area contributed by atoms with Gasteiger partial charge < -0.3 is 4.57 Å². The molecule has 0 bridgehead atoms. The summed E-state index contributed by atoms with van der Waals surface area (Å²) >= 11 is 0. The number of aromatic nitrogens is 1. The van der Waals surface area contributed by atoms with E-state index in [1.165, 1.54) is 0 Å². The van der Waals surface area contributed by atoms with Gasteiger partial charge >= 0.3 is 0 Å². The molecule has 1 heterocycles. The normalized spacial score (nSPS) is 15.7. The maximum absolute atomic E-state index is 11.7. The Kier molecular flexibility index (Phi) is 3.90. The summed E-state index contributed by atoms with van der Waals surface area (Å²) < 4.78 is 24.7. The number of rotatable bonds is 5. The van der Waals surface area contributed by atoms with Crippen LogP contribution in [-0.4, -0.2) is 30.3 Å². The Morgan fingerprint density at radius 1 is 1.28 bits per heavy atom. The molecule has 2 rings (SSSR count). The van der Waals surface area contributed by atoms with Crippen molar-refractivity contribution in [3.63, 3.8) is 0 Å². The second-order valence-electron chi connectivity index (χ2n) is 4.80. The molecule has 0 saturated carbocycles. The van der Waals surface area contributed by atoms with Gasteiger partial charge in [-0.15, -0.1) is 0 Å². The molecule has 18 heavy (non-hydrogen) atoms. The second-order valence-corrected chi connectivity index (χ2v) is 7.27. The molecule has 0 fully saturated rings. The molecule has 0 unspecified atom stereocenters. The van der Waals surface area contributed by atoms with Gasteiger partial charge in [-0.1, -0.05) is 6.92 Å². The zero-order valence-corrected chi connectivity index (χ0v) is 11.5. The molecular weight excluding hydrogens is 250 g/mol. The molecule has 0 aromatic carbocycles. The highest BCUT2D eigenvalue weighted by atomic mass is 32.2. The summed E-state index contributed by atoms with van der Waals surface area (Å²) in [5, 5.41) is 0. The number of aryl methyl sites for hydroxylation is 2. The van der Waals surface area contributed by atoms with Gasteiger partial charge in [-0.25, -0.2) is 8.42 Å². The van der Waals surface area contributed by atoms with Gasteiger partial charge in [-0.2, -0.15) is 0 Å². The van der Waals surface area contributed by atoms with Crippen molar-refractivity contribution in [3.8, 4) is 0 Å². The van der Waals surface area contributed by atoms with Crippen LogP contribution in [0.15, 0.2) is 12.4 Å². The van der Waals surface area contributed by atoms with E-state index in [1.54, 1.807) is 6.92 Å². The highest BCUT2D eigenvalue weighted by molar-refractivity contribution is 7.91. The molecule has 0 saturated heterocycles. The molecule has 0 spiro atoms. The van der Waals surface area contributed by atoms with Crippen LogP contribution in [0.2, 0.25) is 0 Å². The summed E-state index contributed by atoms with van der Waals surface area (Å²) in [6.07, 6.45) is 7.00. The quantitative estimate of drug-likeness (QED) is 0.819. The highest BCUT2D eigenvalue weighted by Crippen LogP contribution is 2.22. The lowest BCUT2D eigenvalue weighted by atomic mass is 9.95. The standard InChI is InChI=1S/C13H19NO3S/c1-2-18(16,17)8-4-7-14-9-11-5-3-6-13(15)12(11)10-14/h9-10H,2-8H2,1H3. The van der Waals surface area contributed by atoms with Gasteiger partial charge in [-0.3, -0.25) is 4.79 Å². The van der Waals surface area contributed by atoms with Crippen molar-refractivity contribution in [3.05, 3.63) is 23.5 Å². The monoisotopic (exact) mass is 269 g/mol. The number of fused-ring (bicyclic) bond motifs is 1. The number of hydrogen-bond acceptors (Lipinski definition) is 3. The van der Waals surface area contributed by atoms with E-state index in [-0.39, 0.29) is 17.3 Å². The molecule has 5 heteroatoms. The lowest BCUT2D eigenvalue weighted by molar-refractivity contribution is 0.0973. The molecule has 1 aliphatic carbocycles. The van der Waals surface area contributed by atoms with Crippen LogP contribution in [0.4, 0.5) is 0 Å². The van der Waals surface area contributed by atoms with E-state index in [4.69, 9.17) is 0 Å². The fraction of sp³-hybridized carbons (Fsp3) is 0.615. The Morgan fingerprint density at radius 3 is 2.72 bits per heavy atom. The number of carbonyl (C=O) groups excluding carboxylic acids is 1. The first-order valence-corrected chi connectivity index (χ1v) is 8.26. The Morgan fingerprint density at radius 2 is 2.06 bits per heavy atom. The molecule has 0 aliphatic heterocycles. The Balaban J connectivity index is 1.97. The largest absolute Gasteiger partial charge is 0.353 e. The number of ketones is 1. The number of Topliss-reactive ketones (excluding diaryl/α,β-unsaturated/α-hetero) is 1. The third-order valence-corrected chi connectivity index (χ3v) is 5.21. The predicted molar refractivity (Wildman–Crippen MR) is 70.6 cm³/mol. The highest BCUT2D eigenvalue weighted by Gasteiger charge is 2.19. The van der Waals surface area contributed by atoms with Crippen molar-refractivity contribution in [1.29, 1.82) is 0 Å². The summed E-state index contributed by atoms with van der Waals surface area (Å²) in [6.45, 7) is 2.34. The van der Waals surface area contributed by atoms with Gasteiger partial charge in [-0.05, 0) is 24.8 Å². The van der Waals surface area contributed by atoms with Crippen LogP contribution in [-0.2, 0) is 22.8 Å². The van der Waals surface area contributed by atoms with E-state index in [1.807, 2.05) is 17.0 Å². The first-order valence-electron chi connectivity index (χ1n) is 6.44. The minimum Gasteiger partial charge on any atom is -0.353 e. The van der Waals surface area contributed by atoms with E-state index in [0.29, 0.717) is 19.4 Å². The minimum absolute atomic E-state index is 0.202. The van der Waals surface area contributed by atoms with E-state index < -0.39 is 9.84 Å². The van der Waals surface area contributed by atoms with Crippen molar-refractivity contribution in [2.45, 2.75) is 39.2 Å². The van der Waals surface area contributed by atoms with Gasteiger partial charge in [0.2, 0.25) is 0 Å². The SMILES string of the molecule is CCS(=O)(=O)CCCn1cc2c(c1)C(=O)CCC2. The molecule has 4 nitrogen and oxygen atoms in total. The smallest absolute Gasteiger partial charge is 0.164 e. The molecule has 1 aromatic rings. The van der Waals surface area contributed by atoms with Crippen LogP contribution in [0.1, 0.15) is 42.1 Å². The van der Waals surface area contributed by atoms with Gasteiger partial charge in [0, 0.05) is 36.7 Å². The number of hydrogen-bond donors (Lipinski definition) is 0. The predicted octanol–water partition coefficient (Wildman–Crippen LogP) is 1.83. The molecule has 1 aliphatic rings. The third-order valence-electron chi connectivity index (χ3n) is 3.42. The van der Waals surface area contributed by atoms with E-state index >= 15 is 0 Å². The zero-order valence-electron chi connectivity index (χ0n) is 10.7. The fourth-order valence-corrected chi connectivity index (χ4v) is 3.18. The summed E-state index contributed by atoms with van der Waals surface area (Å²) in [4.78, 5) is 11.7. The summed E-state index contributed by atoms with van der Waals surface area (Å²) in [5.74, 6) is 0.643. The van der Waals surface area contributed by atoms with Gasteiger partial charge in [0.1, 0.15) is 9.84 Å². The van der Waals surface area contributed by atoms with E-state index in [0.717, 1.165) is 24.0 Å². The maximum atomic E-state index is 11.7. The van der Waals surface area contributed by atoms with Crippen LogP contribution >= 0.6 is 0 Å². The van der Waals surface area contributed by atoms with Crippen LogP contribution in [0.3, 0.4) is 0 Å². The van der Waals surface area contributed by atoms with Crippen molar-refractivity contribution in [2.75, 3.05) is 11.5 Å². The Hall–Kier alpha value is -1.10. The summed E-state index contributed by atoms with van der Waals surface area (Å²) in [7, 11) is -2.88. The average molecular weight is 269 g/mol. The van der Waals surface area contributed by atoms with Crippen molar-refractivity contribution in [1.82, 2.24) is 4.57 Å². The molecule has 100 valence electrons. The first-order chi connectivity index (χ1) is 8.52. The number of nitrogens with zero attached hydrogens (tertiary/aromatic N) is 1. The molecular formula is C13H19NO3S. The van der Waals surface area contributed by atoms with Gasteiger partial charge in [0.05, 0.1) is 5.75 Å². The molecule has 1 aromatic heterocycles. The molecule has 0 radical (unpaired) electrons. The minimum atomic E-state index is -2.88. The van der Waals surface area contributed by atoms with Crippen molar-refractivity contribution < 1.29 is 13.2 Å². The maximum Gasteiger partial charge on any atom is 0.164 e. The Bertz CT molecular complexity index is 543. The van der Waals surface area contributed by atoms with Crippen LogP contribution in [0.25, 0.3) is 0 Å². The average Bonchev–Trinajstić information content (AvgIpc) is 2.73. The van der Waals surface area contributed by atoms with Crippen LogP contribution in [0, 0.1) is 0 Å². The van der Waals surface area contributed by atoms with Crippen LogP contribution < -0.4 is 0 Å². The summed E-state index contributed by atoms with van der Waals surface area (Å²) in [6, 6.07) is 0. The molecule has 0 N–H and O–H groups in total. The Labute approximate surface area is 108 Å². The first kappa shape index (κ1) is 13.3. The van der Waals surface area contributed by atoms with E-state index in [9.17, 15) is 13.2 Å². The van der Waals surface area contributed by atoms with Crippen molar-refractivity contribution >= 4 is 15.6 Å². The van der Waals surface area contributed by atoms with Gasteiger partial charge in [0.15, 0.2) is 5.78 Å². The topological polar surface area (TPSA) is 56.1 Å². The second kappa shape index (κ2) is 5.26. The zero-order chi connectivity index (χ0) is 13.2. The summed E-state index contributed by atoms with van der Waals surface area (Å²) in [5.41, 5.74) is 1.95. The fourth-order valence-electron chi connectivity index (χ4n) is 2.32. The number of sulfone groups is 1. The van der Waals surface area contributed by atoms with Crippen LogP contribution in [0.5, 0.6) is 0 Å².